The fraction of sp³-hybridized carbons (Fsp3) is 0.286. The molecule has 8 heteroatoms. The minimum Gasteiger partial charge on any atom is -0.462 e. The lowest BCUT2D eigenvalue weighted by molar-refractivity contribution is -0.384. The van der Waals surface area contributed by atoms with Crippen LogP contribution in [0, 0.1) is 10.1 Å². The molecule has 0 aliphatic carbocycles. The van der Waals surface area contributed by atoms with Crippen molar-refractivity contribution in [1.82, 2.24) is 0 Å². The Bertz CT molecular complexity index is 588. The second kappa shape index (κ2) is 8.14. The number of hydrogen-bond acceptors (Lipinski definition) is 6. The van der Waals surface area contributed by atoms with E-state index >= 15 is 0 Å². The Kier molecular flexibility index (Phi) is 6.52. The summed E-state index contributed by atoms with van der Waals surface area (Å²) in [5.74, 6) is -1.83. The number of carbonyl (C=O) groups excluding carboxylic acids is 2. The van der Waals surface area contributed by atoms with Crippen LogP contribution in [0.3, 0.4) is 0 Å². The molecule has 0 saturated heterocycles. The summed E-state index contributed by atoms with van der Waals surface area (Å²) in [4.78, 5) is 33.8. The number of non-ortho nitro benzene ring substituents is 1. The van der Waals surface area contributed by atoms with Crippen molar-refractivity contribution in [3.05, 3.63) is 45.5 Å². The first kappa shape index (κ1) is 17.6. The van der Waals surface area contributed by atoms with Gasteiger partial charge in [0.25, 0.3) is 5.69 Å². The highest BCUT2D eigenvalue weighted by molar-refractivity contribution is 6.53. The quantitative estimate of drug-likeness (QED) is 0.199. The molecule has 118 valence electrons. The highest BCUT2D eigenvalue weighted by Crippen LogP contribution is 2.26. The molecule has 1 aromatic carbocycles. The molecule has 0 aliphatic rings. The number of esters is 2. The molecule has 22 heavy (non-hydrogen) atoms. The van der Waals surface area contributed by atoms with Gasteiger partial charge < -0.3 is 9.47 Å². The minimum atomic E-state index is -0.913. The van der Waals surface area contributed by atoms with Crippen LogP contribution in [-0.4, -0.2) is 30.1 Å². The number of halogens is 1. The van der Waals surface area contributed by atoms with Gasteiger partial charge in [0.2, 0.25) is 0 Å². The number of benzene rings is 1. The predicted octanol–water partition coefficient (Wildman–Crippen LogP) is 2.67. The van der Waals surface area contributed by atoms with Gasteiger partial charge in [0.15, 0.2) is 5.57 Å². The van der Waals surface area contributed by atoms with E-state index in [0.29, 0.717) is 0 Å². The molecule has 1 rings (SSSR count). The number of carbonyl (C=O) groups is 2. The van der Waals surface area contributed by atoms with Gasteiger partial charge in [0.05, 0.1) is 23.2 Å². The second-order valence-corrected chi connectivity index (χ2v) is 4.31. The van der Waals surface area contributed by atoms with Crippen LogP contribution in [0.4, 0.5) is 5.69 Å². The number of hydrogen-bond donors (Lipinski definition) is 0. The van der Waals surface area contributed by atoms with Crippen LogP contribution < -0.4 is 0 Å². The van der Waals surface area contributed by atoms with E-state index in [9.17, 15) is 19.7 Å². The molecular formula is C14H14ClNO6. The Morgan fingerprint density at radius 1 is 1.09 bits per heavy atom. The fourth-order valence-electron chi connectivity index (χ4n) is 1.54. The molecule has 7 nitrogen and oxygen atoms in total. The van der Waals surface area contributed by atoms with E-state index in [2.05, 4.69) is 0 Å². The smallest absolute Gasteiger partial charge is 0.347 e. The van der Waals surface area contributed by atoms with Gasteiger partial charge in [-0.05, 0) is 31.5 Å². The molecule has 0 radical (unpaired) electrons. The van der Waals surface area contributed by atoms with E-state index in [1.807, 2.05) is 0 Å². The fourth-order valence-corrected chi connectivity index (χ4v) is 1.82. The highest BCUT2D eigenvalue weighted by Gasteiger charge is 2.26. The summed E-state index contributed by atoms with van der Waals surface area (Å²) in [6.07, 6.45) is 0. The van der Waals surface area contributed by atoms with Crippen molar-refractivity contribution in [2.45, 2.75) is 13.8 Å². The first-order valence-electron chi connectivity index (χ1n) is 6.41. The normalized spacial score (nSPS) is 9.77. The van der Waals surface area contributed by atoms with Crippen molar-refractivity contribution in [1.29, 1.82) is 0 Å². The van der Waals surface area contributed by atoms with E-state index in [4.69, 9.17) is 21.1 Å². The van der Waals surface area contributed by atoms with Gasteiger partial charge in [-0.15, -0.1) is 0 Å². The zero-order chi connectivity index (χ0) is 16.7. The third-order valence-electron chi connectivity index (χ3n) is 2.51. The number of nitro benzene ring substituents is 1. The Labute approximate surface area is 131 Å². The number of nitro groups is 1. The predicted molar refractivity (Wildman–Crippen MR) is 79.1 cm³/mol. The first-order chi connectivity index (χ1) is 10.4. The van der Waals surface area contributed by atoms with Gasteiger partial charge in [0, 0.05) is 12.1 Å². The van der Waals surface area contributed by atoms with Crippen molar-refractivity contribution in [3.8, 4) is 0 Å². The highest BCUT2D eigenvalue weighted by atomic mass is 35.5. The van der Waals surface area contributed by atoms with Gasteiger partial charge in [-0.2, -0.15) is 0 Å². The lowest BCUT2D eigenvalue weighted by Gasteiger charge is -2.09. The molecular weight excluding hydrogens is 314 g/mol. The summed E-state index contributed by atoms with van der Waals surface area (Å²) in [6.45, 7) is 3.29. The van der Waals surface area contributed by atoms with Gasteiger partial charge >= 0.3 is 11.9 Å². The summed E-state index contributed by atoms with van der Waals surface area (Å²) in [5.41, 5.74) is -0.315. The minimum absolute atomic E-state index is 0.0617. The van der Waals surface area contributed by atoms with E-state index in [-0.39, 0.29) is 29.5 Å². The van der Waals surface area contributed by atoms with E-state index in [1.54, 1.807) is 13.8 Å². The summed E-state index contributed by atoms with van der Waals surface area (Å²) < 4.78 is 9.57. The summed E-state index contributed by atoms with van der Waals surface area (Å²) >= 11 is 6.07. The first-order valence-corrected chi connectivity index (χ1v) is 6.79. The Hall–Kier alpha value is -2.41. The molecule has 0 spiro atoms. The molecule has 0 saturated carbocycles. The third-order valence-corrected chi connectivity index (χ3v) is 2.92. The van der Waals surface area contributed by atoms with Gasteiger partial charge in [-0.3, -0.25) is 10.1 Å². The molecule has 0 atom stereocenters. The Morgan fingerprint density at radius 2 is 1.55 bits per heavy atom. The molecule has 0 aliphatic heterocycles. The van der Waals surface area contributed by atoms with Crippen LogP contribution in [0.2, 0.25) is 0 Å². The van der Waals surface area contributed by atoms with Crippen LogP contribution in [-0.2, 0) is 19.1 Å². The van der Waals surface area contributed by atoms with Crippen molar-refractivity contribution < 1.29 is 24.0 Å². The van der Waals surface area contributed by atoms with E-state index < -0.39 is 22.4 Å². The second-order valence-electron chi connectivity index (χ2n) is 3.93. The molecule has 1 aromatic rings. The monoisotopic (exact) mass is 327 g/mol. The van der Waals surface area contributed by atoms with Gasteiger partial charge in [0.1, 0.15) is 0 Å². The lowest BCUT2D eigenvalue weighted by atomic mass is 10.1. The van der Waals surface area contributed by atoms with Gasteiger partial charge in [-0.25, -0.2) is 9.59 Å². The summed E-state index contributed by atoms with van der Waals surface area (Å²) in [6, 6.07) is 5.09. The zero-order valence-corrected chi connectivity index (χ0v) is 12.8. The molecule has 0 heterocycles. The molecule has 0 N–H and O–H groups in total. The van der Waals surface area contributed by atoms with Crippen LogP contribution >= 0.6 is 11.6 Å². The number of ether oxygens (including phenoxy) is 2. The van der Waals surface area contributed by atoms with E-state index in [0.717, 1.165) is 0 Å². The molecule has 0 amide bonds. The Balaban J connectivity index is 3.27. The van der Waals surface area contributed by atoms with Gasteiger partial charge in [-0.1, -0.05) is 11.6 Å². The molecule has 0 aromatic heterocycles. The van der Waals surface area contributed by atoms with Crippen molar-refractivity contribution in [2.24, 2.45) is 0 Å². The average Bonchev–Trinajstić information content (AvgIpc) is 2.48. The molecule has 0 unspecified atom stereocenters. The number of rotatable bonds is 6. The molecule has 0 fully saturated rings. The van der Waals surface area contributed by atoms with Crippen molar-refractivity contribution in [2.75, 3.05) is 13.2 Å². The standard InChI is InChI=1S/C14H14ClNO6/c1-3-21-13(17)11(14(18)22-4-2)12(15)9-5-7-10(8-6-9)16(19)20/h5-8H,3-4H2,1-2H3. The lowest BCUT2D eigenvalue weighted by Crippen LogP contribution is -2.19. The van der Waals surface area contributed by atoms with Crippen LogP contribution in [0.25, 0.3) is 5.03 Å². The topological polar surface area (TPSA) is 95.7 Å². The average molecular weight is 328 g/mol. The van der Waals surface area contributed by atoms with Crippen LogP contribution in [0.1, 0.15) is 19.4 Å². The number of nitrogens with zero attached hydrogens (tertiary/aromatic N) is 1. The van der Waals surface area contributed by atoms with Crippen LogP contribution in [0.5, 0.6) is 0 Å². The zero-order valence-electron chi connectivity index (χ0n) is 12.0. The third kappa shape index (κ3) is 4.29. The van der Waals surface area contributed by atoms with Crippen LogP contribution in [0.15, 0.2) is 29.8 Å². The maximum atomic E-state index is 11.9. The molecule has 0 bridgehead atoms. The Morgan fingerprint density at radius 3 is 1.91 bits per heavy atom. The van der Waals surface area contributed by atoms with E-state index in [1.165, 1.54) is 24.3 Å². The van der Waals surface area contributed by atoms with Crippen molar-refractivity contribution in [3.63, 3.8) is 0 Å². The summed E-state index contributed by atoms with van der Waals surface area (Å²) in [5, 5.41) is 10.4. The van der Waals surface area contributed by atoms with Crippen molar-refractivity contribution >= 4 is 34.3 Å². The SMILES string of the molecule is CCOC(=O)C(C(=O)OCC)=C(Cl)c1ccc([N+](=O)[O-])cc1. The largest absolute Gasteiger partial charge is 0.462 e. The maximum Gasteiger partial charge on any atom is 0.347 e. The summed E-state index contributed by atoms with van der Waals surface area (Å²) in [7, 11) is 0. The maximum absolute atomic E-state index is 11.9.